The Bertz CT molecular complexity index is 1490. The molecule has 1 saturated heterocycles. The Kier molecular flexibility index (Phi) is 5.74. The van der Waals surface area contributed by atoms with Crippen molar-refractivity contribution in [3.8, 4) is 11.5 Å². The average Bonchev–Trinajstić information content (AvgIpc) is 3.41. The zero-order valence-corrected chi connectivity index (χ0v) is 20.1. The van der Waals surface area contributed by atoms with E-state index < -0.39 is 17.7 Å². The highest BCUT2D eigenvalue weighted by Crippen LogP contribution is 2.45. The summed E-state index contributed by atoms with van der Waals surface area (Å²) < 4.78 is 11.7. The van der Waals surface area contributed by atoms with Crippen molar-refractivity contribution in [3.05, 3.63) is 89.0 Å². The van der Waals surface area contributed by atoms with E-state index in [0.717, 1.165) is 15.8 Å². The summed E-state index contributed by atoms with van der Waals surface area (Å²) in [6.07, 6.45) is 0. The van der Waals surface area contributed by atoms with Gasteiger partial charge in [0.2, 0.25) is 0 Å². The zero-order chi connectivity index (χ0) is 24.7. The molecule has 1 atom stereocenters. The van der Waals surface area contributed by atoms with Crippen LogP contribution in [0.5, 0.6) is 11.5 Å². The fourth-order valence-corrected chi connectivity index (χ4v) is 5.33. The van der Waals surface area contributed by atoms with Gasteiger partial charge in [-0.25, -0.2) is 4.98 Å². The van der Waals surface area contributed by atoms with Gasteiger partial charge in [-0.2, -0.15) is 0 Å². The number of Topliss-reactive ketones (excluding diaryl/α,β-unsaturated/α-hetero) is 1. The second-order valence-corrected chi connectivity index (χ2v) is 9.13. The van der Waals surface area contributed by atoms with E-state index in [1.54, 1.807) is 42.5 Å². The highest BCUT2D eigenvalue weighted by atomic mass is 32.1. The van der Waals surface area contributed by atoms with Crippen molar-refractivity contribution >= 4 is 44.1 Å². The number of ketones is 1. The van der Waals surface area contributed by atoms with Crippen molar-refractivity contribution < 1.29 is 24.2 Å². The number of methoxy groups -OCH3 is 2. The van der Waals surface area contributed by atoms with E-state index in [4.69, 9.17) is 9.47 Å². The molecule has 0 bridgehead atoms. The van der Waals surface area contributed by atoms with Gasteiger partial charge in [0, 0.05) is 5.56 Å². The van der Waals surface area contributed by atoms with Gasteiger partial charge in [0.1, 0.15) is 5.76 Å². The van der Waals surface area contributed by atoms with Gasteiger partial charge >= 0.3 is 5.91 Å². The number of aryl methyl sites for hydroxylation is 1. The second-order valence-electron chi connectivity index (χ2n) is 8.12. The minimum atomic E-state index is -0.906. The maximum atomic E-state index is 13.4. The molecule has 1 unspecified atom stereocenters. The fraction of sp³-hybridized carbons (Fsp3) is 0.148. The van der Waals surface area contributed by atoms with Crippen molar-refractivity contribution in [1.82, 2.24) is 4.98 Å². The lowest BCUT2D eigenvalue weighted by Gasteiger charge is -2.23. The van der Waals surface area contributed by atoms with Gasteiger partial charge in [0.05, 0.1) is 36.1 Å². The zero-order valence-electron chi connectivity index (χ0n) is 19.3. The Morgan fingerprint density at radius 1 is 0.971 bits per heavy atom. The summed E-state index contributed by atoms with van der Waals surface area (Å²) in [7, 11) is 3.04. The van der Waals surface area contributed by atoms with E-state index in [9.17, 15) is 14.7 Å². The number of aliphatic hydroxyl groups is 1. The number of carbonyl (C=O) groups excluding carboxylic acids is 2. The Labute approximate surface area is 205 Å². The van der Waals surface area contributed by atoms with Crippen LogP contribution >= 0.6 is 11.3 Å². The van der Waals surface area contributed by atoms with Gasteiger partial charge in [0.15, 0.2) is 16.6 Å². The lowest BCUT2D eigenvalue weighted by molar-refractivity contribution is -0.132. The number of amides is 1. The second kappa shape index (κ2) is 8.88. The maximum Gasteiger partial charge on any atom is 0.301 e. The molecule has 7 nitrogen and oxygen atoms in total. The third-order valence-corrected chi connectivity index (χ3v) is 6.97. The number of thiazole rings is 1. The van der Waals surface area contributed by atoms with E-state index in [0.29, 0.717) is 27.8 Å². The number of carbonyl (C=O) groups is 2. The minimum Gasteiger partial charge on any atom is -0.507 e. The summed E-state index contributed by atoms with van der Waals surface area (Å²) in [5, 5.41) is 11.6. The van der Waals surface area contributed by atoms with Gasteiger partial charge < -0.3 is 14.6 Å². The van der Waals surface area contributed by atoms with Gasteiger partial charge in [-0.3, -0.25) is 14.5 Å². The lowest BCUT2D eigenvalue weighted by atomic mass is 9.95. The molecule has 1 aromatic heterocycles. The Balaban J connectivity index is 1.75. The lowest BCUT2D eigenvalue weighted by Crippen LogP contribution is -2.29. The normalized spacial score (nSPS) is 17.2. The Morgan fingerprint density at radius 3 is 2.43 bits per heavy atom. The molecule has 8 heteroatoms. The first-order valence-corrected chi connectivity index (χ1v) is 11.7. The fourth-order valence-electron chi connectivity index (χ4n) is 4.24. The van der Waals surface area contributed by atoms with Crippen molar-refractivity contribution in [2.45, 2.75) is 13.0 Å². The smallest absolute Gasteiger partial charge is 0.301 e. The first kappa shape index (κ1) is 22.6. The van der Waals surface area contributed by atoms with Crippen molar-refractivity contribution in [2.24, 2.45) is 0 Å². The molecule has 2 heterocycles. The van der Waals surface area contributed by atoms with Crippen LogP contribution < -0.4 is 14.4 Å². The first-order chi connectivity index (χ1) is 16.9. The molecule has 1 aliphatic heterocycles. The van der Waals surface area contributed by atoms with Crippen LogP contribution in [0.25, 0.3) is 16.0 Å². The van der Waals surface area contributed by atoms with Crippen LogP contribution in [0.15, 0.2) is 72.3 Å². The van der Waals surface area contributed by atoms with Crippen molar-refractivity contribution in [3.63, 3.8) is 0 Å². The van der Waals surface area contributed by atoms with E-state index in [1.807, 2.05) is 31.2 Å². The van der Waals surface area contributed by atoms with Crippen LogP contribution in [-0.2, 0) is 9.59 Å². The number of fused-ring (bicyclic) bond motifs is 1. The highest BCUT2D eigenvalue weighted by molar-refractivity contribution is 7.22. The minimum absolute atomic E-state index is 0.0103. The third-order valence-electron chi connectivity index (χ3n) is 5.95. The molecular formula is C27H22N2O5S. The standard InChI is InChI=1S/C27H22N2O5S/c1-15-9-11-18-21(13-15)35-27(28-18)29-23(17-10-12-19(33-2)20(14-17)34-3)22(25(31)26(29)32)24(30)16-7-5-4-6-8-16/h4-14,23,30H,1-3H3/b24-22+. The van der Waals surface area contributed by atoms with Gasteiger partial charge in [-0.05, 0) is 42.3 Å². The van der Waals surface area contributed by atoms with E-state index in [-0.39, 0.29) is 11.3 Å². The number of hydrogen-bond donors (Lipinski definition) is 1. The highest BCUT2D eigenvalue weighted by Gasteiger charge is 2.48. The molecule has 0 aliphatic carbocycles. The number of hydrogen-bond acceptors (Lipinski definition) is 7. The van der Waals surface area contributed by atoms with E-state index >= 15 is 0 Å². The van der Waals surface area contributed by atoms with Crippen LogP contribution in [0, 0.1) is 6.92 Å². The van der Waals surface area contributed by atoms with Crippen LogP contribution in [0.4, 0.5) is 5.13 Å². The average molecular weight is 487 g/mol. The first-order valence-electron chi connectivity index (χ1n) is 10.9. The number of nitrogens with zero attached hydrogens (tertiary/aromatic N) is 2. The predicted octanol–water partition coefficient (Wildman–Crippen LogP) is 5.25. The summed E-state index contributed by atoms with van der Waals surface area (Å²) in [4.78, 5) is 32.8. The maximum absolute atomic E-state index is 13.4. The van der Waals surface area contributed by atoms with Crippen molar-refractivity contribution in [2.75, 3.05) is 19.1 Å². The molecule has 0 spiro atoms. The number of anilines is 1. The molecule has 176 valence electrons. The molecule has 35 heavy (non-hydrogen) atoms. The summed E-state index contributed by atoms with van der Waals surface area (Å²) in [5.74, 6) is -0.829. The molecule has 1 fully saturated rings. The van der Waals surface area contributed by atoms with Gasteiger partial charge in [0.25, 0.3) is 5.78 Å². The van der Waals surface area contributed by atoms with Gasteiger partial charge in [-0.1, -0.05) is 53.8 Å². The predicted molar refractivity (Wildman–Crippen MR) is 135 cm³/mol. The molecule has 5 rings (SSSR count). The molecule has 1 aliphatic rings. The third kappa shape index (κ3) is 3.81. The SMILES string of the molecule is COc1ccc(C2/C(=C(\O)c3ccccc3)C(=O)C(=O)N2c2nc3ccc(C)cc3s2)cc1OC. The number of aliphatic hydroxyl groups excluding tert-OH is 1. The molecule has 1 N–H and O–H groups in total. The Hall–Kier alpha value is -4.17. The van der Waals surface area contributed by atoms with Crippen molar-refractivity contribution in [1.29, 1.82) is 0 Å². The molecule has 3 aromatic carbocycles. The monoisotopic (exact) mass is 486 g/mol. The summed E-state index contributed by atoms with van der Waals surface area (Å²) >= 11 is 1.32. The molecule has 0 saturated carbocycles. The molecule has 1 amide bonds. The van der Waals surface area contributed by atoms with Crippen LogP contribution in [0.1, 0.15) is 22.7 Å². The number of rotatable bonds is 5. The summed E-state index contributed by atoms with van der Waals surface area (Å²) in [5.41, 5.74) is 2.80. The number of benzene rings is 3. The molecule has 4 aromatic rings. The van der Waals surface area contributed by atoms with Crippen LogP contribution in [0.2, 0.25) is 0 Å². The van der Waals surface area contributed by atoms with E-state index in [2.05, 4.69) is 4.98 Å². The largest absolute Gasteiger partial charge is 0.507 e. The van der Waals surface area contributed by atoms with Crippen LogP contribution in [-0.4, -0.2) is 36.0 Å². The molecule has 0 radical (unpaired) electrons. The number of ether oxygens (including phenoxy) is 2. The Morgan fingerprint density at radius 2 is 1.71 bits per heavy atom. The number of aromatic nitrogens is 1. The summed E-state index contributed by atoms with van der Waals surface area (Å²) in [6.45, 7) is 1.98. The van der Waals surface area contributed by atoms with Crippen LogP contribution in [0.3, 0.4) is 0 Å². The van der Waals surface area contributed by atoms with Gasteiger partial charge in [-0.15, -0.1) is 0 Å². The molecular weight excluding hydrogens is 464 g/mol. The summed E-state index contributed by atoms with van der Waals surface area (Å²) in [6, 6.07) is 18.8. The quantitative estimate of drug-likeness (QED) is 0.236. The van der Waals surface area contributed by atoms with E-state index in [1.165, 1.54) is 30.5 Å². The topological polar surface area (TPSA) is 89.0 Å².